The summed E-state index contributed by atoms with van der Waals surface area (Å²) in [4.78, 5) is 2.76. The molecule has 3 rings (SSSR count). The zero-order chi connectivity index (χ0) is 13.9. The van der Waals surface area contributed by atoms with Gasteiger partial charge in [0.2, 0.25) is 0 Å². The van der Waals surface area contributed by atoms with Crippen LogP contribution >= 0.6 is 0 Å². The molecule has 2 heteroatoms. The van der Waals surface area contributed by atoms with Crippen molar-refractivity contribution < 1.29 is 0 Å². The summed E-state index contributed by atoms with van der Waals surface area (Å²) in [5.41, 5.74) is 0. The number of likely N-dealkylation sites (tertiary alicyclic amines) is 1. The van der Waals surface area contributed by atoms with Crippen LogP contribution in [0, 0.1) is 17.8 Å². The zero-order valence-corrected chi connectivity index (χ0v) is 13.6. The maximum atomic E-state index is 3.81. The second-order valence-corrected chi connectivity index (χ2v) is 8.04. The summed E-state index contributed by atoms with van der Waals surface area (Å²) in [5, 5.41) is 3.81. The summed E-state index contributed by atoms with van der Waals surface area (Å²) in [6.45, 7) is 8.88. The average molecular weight is 278 g/mol. The number of hydrogen-bond donors (Lipinski definition) is 1. The molecule has 3 aliphatic rings. The molecule has 0 bridgehead atoms. The van der Waals surface area contributed by atoms with Crippen LogP contribution in [0.3, 0.4) is 0 Å². The Kier molecular flexibility index (Phi) is 5.04. The van der Waals surface area contributed by atoms with Gasteiger partial charge in [-0.05, 0) is 82.2 Å². The topological polar surface area (TPSA) is 15.3 Å². The van der Waals surface area contributed by atoms with Gasteiger partial charge in [0, 0.05) is 18.6 Å². The zero-order valence-electron chi connectivity index (χ0n) is 13.6. The van der Waals surface area contributed by atoms with Crippen molar-refractivity contribution in [3.8, 4) is 0 Å². The van der Waals surface area contributed by atoms with E-state index < -0.39 is 0 Å². The van der Waals surface area contributed by atoms with Crippen LogP contribution in [-0.4, -0.2) is 36.6 Å². The highest BCUT2D eigenvalue weighted by Gasteiger charge is 2.29. The standard InChI is InChI=1S/C18H34N2/c1-14(2)16-5-3-15(4-6-16)13-20-11-9-18(10-12-20)19-17-7-8-17/h14-19H,3-13H2,1-2H3. The second-order valence-electron chi connectivity index (χ2n) is 8.04. The minimum atomic E-state index is 0.829. The highest BCUT2D eigenvalue weighted by atomic mass is 15.1. The normalized spacial score (nSPS) is 33.8. The molecule has 0 aromatic rings. The summed E-state index contributed by atoms with van der Waals surface area (Å²) in [6.07, 6.45) is 11.6. The van der Waals surface area contributed by atoms with Crippen LogP contribution in [0.15, 0.2) is 0 Å². The molecule has 0 aromatic carbocycles. The van der Waals surface area contributed by atoms with Crippen LogP contribution in [-0.2, 0) is 0 Å². The Morgan fingerprint density at radius 1 is 0.850 bits per heavy atom. The van der Waals surface area contributed by atoms with Gasteiger partial charge in [-0.1, -0.05) is 13.8 Å². The molecule has 1 aliphatic heterocycles. The van der Waals surface area contributed by atoms with E-state index in [4.69, 9.17) is 0 Å². The van der Waals surface area contributed by atoms with Gasteiger partial charge in [-0.25, -0.2) is 0 Å². The SMILES string of the molecule is CC(C)C1CCC(CN2CCC(NC3CC3)CC2)CC1. The summed E-state index contributed by atoms with van der Waals surface area (Å²) in [7, 11) is 0. The lowest BCUT2D eigenvalue weighted by atomic mass is 9.77. The van der Waals surface area contributed by atoms with Crippen LogP contribution in [0.1, 0.15) is 65.2 Å². The summed E-state index contributed by atoms with van der Waals surface area (Å²) >= 11 is 0. The molecule has 0 amide bonds. The minimum absolute atomic E-state index is 0.829. The van der Waals surface area contributed by atoms with Gasteiger partial charge in [-0.2, -0.15) is 0 Å². The fourth-order valence-electron chi connectivity index (χ4n) is 4.27. The third kappa shape index (κ3) is 4.21. The first kappa shape index (κ1) is 14.8. The highest BCUT2D eigenvalue weighted by Crippen LogP contribution is 2.34. The molecule has 116 valence electrons. The van der Waals surface area contributed by atoms with Gasteiger partial charge >= 0.3 is 0 Å². The Morgan fingerprint density at radius 2 is 1.45 bits per heavy atom. The van der Waals surface area contributed by atoms with Crippen molar-refractivity contribution in [2.24, 2.45) is 17.8 Å². The van der Waals surface area contributed by atoms with Crippen molar-refractivity contribution in [3.05, 3.63) is 0 Å². The van der Waals surface area contributed by atoms with Crippen LogP contribution in [0.2, 0.25) is 0 Å². The minimum Gasteiger partial charge on any atom is -0.311 e. The number of hydrogen-bond acceptors (Lipinski definition) is 2. The molecule has 2 nitrogen and oxygen atoms in total. The van der Waals surface area contributed by atoms with E-state index in [-0.39, 0.29) is 0 Å². The number of piperidine rings is 1. The molecule has 0 aromatic heterocycles. The van der Waals surface area contributed by atoms with Gasteiger partial charge in [-0.15, -0.1) is 0 Å². The Balaban J connectivity index is 1.33. The molecule has 0 atom stereocenters. The van der Waals surface area contributed by atoms with Gasteiger partial charge in [0.25, 0.3) is 0 Å². The fourth-order valence-corrected chi connectivity index (χ4v) is 4.27. The lowest BCUT2D eigenvalue weighted by Gasteiger charge is -2.37. The van der Waals surface area contributed by atoms with Crippen molar-refractivity contribution in [1.29, 1.82) is 0 Å². The molecule has 0 unspecified atom stereocenters. The molecule has 20 heavy (non-hydrogen) atoms. The third-order valence-corrected chi connectivity index (χ3v) is 5.99. The van der Waals surface area contributed by atoms with Crippen LogP contribution in [0.25, 0.3) is 0 Å². The third-order valence-electron chi connectivity index (χ3n) is 5.99. The monoisotopic (exact) mass is 278 g/mol. The van der Waals surface area contributed by atoms with Crippen LogP contribution in [0.4, 0.5) is 0 Å². The highest BCUT2D eigenvalue weighted by molar-refractivity contribution is 4.88. The number of nitrogens with one attached hydrogen (secondary N) is 1. The molecular formula is C18H34N2. The van der Waals surface area contributed by atoms with Crippen molar-refractivity contribution in [2.75, 3.05) is 19.6 Å². The fraction of sp³-hybridized carbons (Fsp3) is 1.00. The Morgan fingerprint density at radius 3 is 2.00 bits per heavy atom. The van der Waals surface area contributed by atoms with Gasteiger partial charge in [0.15, 0.2) is 0 Å². The first-order valence-corrected chi connectivity index (χ1v) is 9.19. The summed E-state index contributed by atoms with van der Waals surface area (Å²) in [5.74, 6) is 2.91. The van der Waals surface area contributed by atoms with Crippen molar-refractivity contribution in [2.45, 2.75) is 77.3 Å². The van der Waals surface area contributed by atoms with Gasteiger partial charge in [0.05, 0.1) is 0 Å². The number of rotatable bonds is 5. The van der Waals surface area contributed by atoms with Gasteiger partial charge in [-0.3, -0.25) is 0 Å². The van der Waals surface area contributed by atoms with E-state index in [2.05, 4.69) is 24.1 Å². The van der Waals surface area contributed by atoms with Crippen LogP contribution < -0.4 is 5.32 Å². The molecule has 0 spiro atoms. The Bertz CT molecular complexity index is 282. The lowest BCUT2D eigenvalue weighted by molar-refractivity contribution is 0.135. The van der Waals surface area contributed by atoms with E-state index in [0.29, 0.717) is 0 Å². The van der Waals surface area contributed by atoms with E-state index in [9.17, 15) is 0 Å². The lowest BCUT2D eigenvalue weighted by Crippen LogP contribution is -2.45. The first-order chi connectivity index (χ1) is 9.70. The molecular weight excluding hydrogens is 244 g/mol. The second kappa shape index (κ2) is 6.79. The van der Waals surface area contributed by atoms with Crippen LogP contribution in [0.5, 0.6) is 0 Å². The van der Waals surface area contributed by atoms with E-state index in [0.717, 1.165) is 29.8 Å². The predicted octanol–water partition coefficient (Wildman–Crippen LogP) is 3.67. The predicted molar refractivity (Wildman–Crippen MR) is 85.9 cm³/mol. The molecule has 1 N–H and O–H groups in total. The van der Waals surface area contributed by atoms with E-state index in [1.54, 1.807) is 0 Å². The van der Waals surface area contributed by atoms with Crippen molar-refractivity contribution in [1.82, 2.24) is 10.2 Å². The quantitative estimate of drug-likeness (QED) is 0.825. The first-order valence-electron chi connectivity index (χ1n) is 9.19. The summed E-state index contributed by atoms with van der Waals surface area (Å²) < 4.78 is 0. The van der Waals surface area contributed by atoms with E-state index in [1.165, 1.54) is 71.0 Å². The summed E-state index contributed by atoms with van der Waals surface area (Å²) in [6, 6.07) is 1.72. The largest absolute Gasteiger partial charge is 0.311 e. The smallest absolute Gasteiger partial charge is 0.00940 e. The average Bonchev–Trinajstić information content (AvgIpc) is 3.26. The van der Waals surface area contributed by atoms with E-state index >= 15 is 0 Å². The maximum Gasteiger partial charge on any atom is 0.00940 e. The maximum absolute atomic E-state index is 3.81. The van der Waals surface area contributed by atoms with Crippen molar-refractivity contribution >= 4 is 0 Å². The molecule has 2 saturated carbocycles. The van der Waals surface area contributed by atoms with E-state index in [1.807, 2.05) is 0 Å². The number of nitrogens with zero attached hydrogens (tertiary/aromatic N) is 1. The Hall–Kier alpha value is -0.0800. The molecule has 1 saturated heterocycles. The Labute approximate surface area is 125 Å². The molecule has 0 radical (unpaired) electrons. The van der Waals surface area contributed by atoms with Gasteiger partial charge < -0.3 is 10.2 Å². The van der Waals surface area contributed by atoms with Gasteiger partial charge in [0.1, 0.15) is 0 Å². The molecule has 3 fully saturated rings. The molecule has 2 aliphatic carbocycles. The van der Waals surface area contributed by atoms with Crippen molar-refractivity contribution in [3.63, 3.8) is 0 Å². The molecule has 1 heterocycles.